The van der Waals surface area contributed by atoms with Gasteiger partial charge >= 0.3 is 10.2 Å². The molecule has 0 aliphatic rings. The number of pyridine rings is 1. The van der Waals surface area contributed by atoms with Crippen molar-refractivity contribution in [1.29, 1.82) is 0 Å². The molecule has 0 N–H and O–H groups in total. The Balaban J connectivity index is 3.04. The van der Waals surface area contributed by atoms with E-state index in [1.165, 1.54) is 0 Å². The van der Waals surface area contributed by atoms with Crippen molar-refractivity contribution in [3.05, 3.63) is 35.0 Å². The normalized spacial score (nSPS) is 12.2. The van der Waals surface area contributed by atoms with Crippen molar-refractivity contribution in [2.24, 2.45) is 0 Å². The summed E-state index contributed by atoms with van der Waals surface area (Å²) in [6.45, 7) is 0. The van der Waals surface area contributed by atoms with E-state index in [2.05, 4.69) is 4.98 Å². The molecule has 1 rings (SSSR count). The van der Waals surface area contributed by atoms with Crippen LogP contribution < -0.4 is 0 Å². The van der Waals surface area contributed by atoms with E-state index in [0.717, 1.165) is 18.2 Å². The van der Waals surface area contributed by atoms with Gasteiger partial charge in [-0.25, -0.2) is 0 Å². The van der Waals surface area contributed by atoms with E-state index in [0.29, 0.717) is 0 Å². The SMILES string of the molecule is O=S(=O)(F)/C=C/c1cc(F)nc(F)c1. The molecule has 0 bridgehead atoms. The summed E-state index contributed by atoms with van der Waals surface area (Å²) >= 11 is 0. The number of aromatic nitrogens is 1. The molecule has 14 heavy (non-hydrogen) atoms. The molecule has 0 radical (unpaired) electrons. The first-order valence-corrected chi connectivity index (χ1v) is 4.77. The minimum absolute atomic E-state index is 0.128. The standard InChI is InChI=1S/C7H4F3NO2S/c8-6-3-5(4-7(9)11-6)1-2-14(10,12)13/h1-4H/b2-1+. The second-order valence-electron chi connectivity index (χ2n) is 2.32. The summed E-state index contributed by atoms with van der Waals surface area (Å²) in [5.74, 6) is -2.22. The van der Waals surface area contributed by atoms with Crippen molar-refractivity contribution in [2.75, 3.05) is 0 Å². The average molecular weight is 223 g/mol. The molecule has 0 fully saturated rings. The van der Waals surface area contributed by atoms with Gasteiger partial charge in [-0.1, -0.05) is 0 Å². The first kappa shape index (κ1) is 10.7. The maximum Gasteiger partial charge on any atom is 0.325 e. The largest absolute Gasteiger partial charge is 0.325 e. The molecule has 0 amide bonds. The van der Waals surface area contributed by atoms with Gasteiger partial charge in [-0.15, -0.1) is 3.89 Å². The topological polar surface area (TPSA) is 47.0 Å². The van der Waals surface area contributed by atoms with Crippen LogP contribution in [0.15, 0.2) is 17.5 Å². The molecular weight excluding hydrogens is 219 g/mol. The monoisotopic (exact) mass is 223 g/mol. The van der Waals surface area contributed by atoms with Crippen LogP contribution in [0.2, 0.25) is 0 Å². The Morgan fingerprint density at radius 1 is 1.21 bits per heavy atom. The number of rotatable bonds is 2. The van der Waals surface area contributed by atoms with Gasteiger partial charge in [-0.2, -0.15) is 22.2 Å². The Morgan fingerprint density at radius 2 is 1.71 bits per heavy atom. The van der Waals surface area contributed by atoms with Gasteiger partial charge < -0.3 is 0 Å². The van der Waals surface area contributed by atoms with Gasteiger partial charge in [0.15, 0.2) is 0 Å². The van der Waals surface area contributed by atoms with Gasteiger partial charge in [0.1, 0.15) is 0 Å². The molecule has 7 heteroatoms. The van der Waals surface area contributed by atoms with Crippen LogP contribution in [0, 0.1) is 11.9 Å². The smallest absolute Gasteiger partial charge is 0.191 e. The predicted octanol–water partition coefficient (Wildman–Crippen LogP) is 1.63. The summed E-state index contributed by atoms with van der Waals surface area (Å²) in [6, 6.07) is 1.54. The zero-order valence-corrected chi connectivity index (χ0v) is 7.43. The Bertz CT molecular complexity index is 450. The lowest BCUT2D eigenvalue weighted by Crippen LogP contribution is -1.89. The molecule has 3 nitrogen and oxygen atoms in total. The van der Waals surface area contributed by atoms with Crippen molar-refractivity contribution < 1.29 is 21.1 Å². The van der Waals surface area contributed by atoms with E-state index in [1.807, 2.05) is 0 Å². The second kappa shape index (κ2) is 3.79. The van der Waals surface area contributed by atoms with Crippen molar-refractivity contribution in [1.82, 2.24) is 4.98 Å². The number of hydrogen-bond acceptors (Lipinski definition) is 3. The fourth-order valence-electron chi connectivity index (χ4n) is 0.739. The van der Waals surface area contributed by atoms with Crippen LogP contribution in [0.5, 0.6) is 0 Å². The molecule has 0 saturated heterocycles. The van der Waals surface area contributed by atoms with Crippen LogP contribution in [-0.2, 0) is 10.2 Å². The molecule has 76 valence electrons. The molecule has 0 unspecified atom stereocenters. The first-order chi connectivity index (χ1) is 6.37. The highest BCUT2D eigenvalue weighted by Crippen LogP contribution is 2.07. The summed E-state index contributed by atoms with van der Waals surface area (Å²) in [7, 11) is -4.79. The van der Waals surface area contributed by atoms with E-state index < -0.39 is 22.1 Å². The molecule has 0 spiro atoms. The second-order valence-corrected chi connectivity index (χ2v) is 3.55. The molecule has 0 atom stereocenters. The molecular formula is C7H4F3NO2S. The zero-order valence-electron chi connectivity index (χ0n) is 6.62. The summed E-state index contributed by atoms with van der Waals surface area (Å²) < 4.78 is 56.8. The van der Waals surface area contributed by atoms with E-state index in [-0.39, 0.29) is 11.0 Å². The molecule has 0 aliphatic carbocycles. The number of halogens is 3. The summed E-state index contributed by atoms with van der Waals surface area (Å²) in [6.07, 6.45) is 0.725. The van der Waals surface area contributed by atoms with E-state index in [4.69, 9.17) is 0 Å². The molecule has 0 saturated carbocycles. The maximum absolute atomic E-state index is 12.4. The lowest BCUT2D eigenvalue weighted by atomic mass is 10.3. The average Bonchev–Trinajstić information content (AvgIpc) is 1.97. The minimum Gasteiger partial charge on any atom is -0.191 e. The van der Waals surface area contributed by atoms with Gasteiger partial charge in [0.05, 0.1) is 5.41 Å². The van der Waals surface area contributed by atoms with Crippen LogP contribution >= 0.6 is 0 Å². The maximum atomic E-state index is 12.4. The number of hydrogen-bond donors (Lipinski definition) is 0. The molecule has 1 aromatic rings. The van der Waals surface area contributed by atoms with Crippen molar-refractivity contribution in [3.8, 4) is 0 Å². The summed E-state index contributed by atoms with van der Waals surface area (Å²) in [5.41, 5.74) is -0.128. The van der Waals surface area contributed by atoms with Gasteiger partial charge in [0.25, 0.3) is 0 Å². The first-order valence-electron chi connectivity index (χ1n) is 3.33. The van der Waals surface area contributed by atoms with Crippen LogP contribution in [0.3, 0.4) is 0 Å². The highest BCUT2D eigenvalue weighted by molar-refractivity contribution is 7.89. The van der Waals surface area contributed by atoms with E-state index in [9.17, 15) is 21.1 Å². The van der Waals surface area contributed by atoms with Crippen molar-refractivity contribution in [3.63, 3.8) is 0 Å². The Kier molecular flexibility index (Phi) is 2.90. The molecule has 0 aliphatic heterocycles. The predicted molar refractivity (Wildman–Crippen MR) is 43.2 cm³/mol. The fourth-order valence-corrected chi connectivity index (χ4v) is 1.06. The van der Waals surface area contributed by atoms with Crippen LogP contribution in [-0.4, -0.2) is 13.4 Å². The lowest BCUT2D eigenvalue weighted by Gasteiger charge is -1.93. The van der Waals surface area contributed by atoms with Crippen LogP contribution in [0.1, 0.15) is 5.56 Å². The van der Waals surface area contributed by atoms with Gasteiger partial charge in [0, 0.05) is 12.1 Å². The van der Waals surface area contributed by atoms with Crippen LogP contribution in [0.4, 0.5) is 12.7 Å². The van der Waals surface area contributed by atoms with Gasteiger partial charge in [-0.3, -0.25) is 0 Å². The highest BCUT2D eigenvalue weighted by atomic mass is 32.3. The zero-order chi connectivity index (χ0) is 10.8. The third-order valence-corrected chi connectivity index (χ3v) is 1.67. The van der Waals surface area contributed by atoms with Crippen LogP contribution in [0.25, 0.3) is 6.08 Å². The Hall–Kier alpha value is -1.37. The van der Waals surface area contributed by atoms with Crippen molar-refractivity contribution >= 4 is 16.3 Å². The lowest BCUT2D eigenvalue weighted by molar-refractivity contribution is 0.512. The van der Waals surface area contributed by atoms with E-state index in [1.54, 1.807) is 0 Å². The van der Waals surface area contributed by atoms with E-state index >= 15 is 0 Å². The molecule has 0 aromatic carbocycles. The summed E-state index contributed by atoms with van der Waals surface area (Å²) in [4.78, 5) is 2.77. The minimum atomic E-state index is -4.79. The van der Waals surface area contributed by atoms with Gasteiger partial charge in [0.2, 0.25) is 11.9 Å². The van der Waals surface area contributed by atoms with Gasteiger partial charge in [-0.05, 0) is 11.6 Å². The van der Waals surface area contributed by atoms with Crippen molar-refractivity contribution in [2.45, 2.75) is 0 Å². The fraction of sp³-hybridized carbons (Fsp3) is 0. The Labute approximate surface area is 78.1 Å². The third kappa shape index (κ3) is 3.56. The quantitative estimate of drug-likeness (QED) is 0.565. The highest BCUT2D eigenvalue weighted by Gasteiger charge is 2.02. The molecule has 1 aromatic heterocycles. The Morgan fingerprint density at radius 3 is 2.14 bits per heavy atom. The third-order valence-electron chi connectivity index (χ3n) is 1.21. The number of nitrogens with zero attached hydrogens (tertiary/aromatic N) is 1. The molecule has 1 heterocycles. The summed E-state index contributed by atoms with van der Waals surface area (Å²) in [5, 5.41) is 0.196.